The van der Waals surface area contributed by atoms with Crippen LogP contribution < -0.4 is 9.47 Å². The van der Waals surface area contributed by atoms with Gasteiger partial charge in [0.25, 0.3) is 0 Å². The normalized spacial score (nSPS) is 18.2. The topological polar surface area (TPSA) is 24.9 Å². The summed E-state index contributed by atoms with van der Waals surface area (Å²) in [5.74, 6) is 1.84. The number of likely N-dealkylation sites (tertiary alicyclic amines) is 1. The second kappa shape index (κ2) is 8.55. The van der Waals surface area contributed by atoms with E-state index >= 15 is 0 Å². The fourth-order valence-corrected chi connectivity index (χ4v) is 3.74. The van der Waals surface area contributed by atoms with Gasteiger partial charge in [-0.1, -0.05) is 13.8 Å². The smallest absolute Gasteiger partial charge is 0.123 e. The molecule has 1 fully saturated rings. The number of hydrogen-bond donors (Lipinski definition) is 0. The molecule has 1 aromatic carbocycles. The molecule has 1 aromatic rings. The third kappa shape index (κ3) is 4.18. The van der Waals surface area contributed by atoms with E-state index in [-0.39, 0.29) is 0 Å². The van der Waals surface area contributed by atoms with Crippen LogP contribution in [0.2, 0.25) is 0 Å². The lowest BCUT2D eigenvalue weighted by Gasteiger charge is -2.40. The van der Waals surface area contributed by atoms with Crippen molar-refractivity contribution in [1.29, 1.82) is 0 Å². The first-order valence-corrected chi connectivity index (χ1v) is 8.84. The van der Waals surface area contributed by atoms with Gasteiger partial charge in [0.2, 0.25) is 0 Å². The number of rotatable bonds is 7. The van der Waals surface area contributed by atoms with Crippen molar-refractivity contribution in [1.82, 2.24) is 9.80 Å². The summed E-state index contributed by atoms with van der Waals surface area (Å²) >= 11 is 0. The lowest BCUT2D eigenvalue weighted by Crippen LogP contribution is -2.45. The summed E-state index contributed by atoms with van der Waals surface area (Å²) in [4.78, 5) is 5.16. The summed E-state index contributed by atoms with van der Waals surface area (Å²) in [6.45, 7) is 11.4. The maximum absolute atomic E-state index is 5.56. The van der Waals surface area contributed by atoms with Crippen molar-refractivity contribution in [2.24, 2.45) is 0 Å². The van der Waals surface area contributed by atoms with Crippen molar-refractivity contribution < 1.29 is 9.47 Å². The Hall–Kier alpha value is -1.26. The molecule has 1 aliphatic rings. The van der Waals surface area contributed by atoms with Crippen molar-refractivity contribution >= 4 is 0 Å². The van der Waals surface area contributed by atoms with Gasteiger partial charge < -0.3 is 14.4 Å². The zero-order valence-corrected chi connectivity index (χ0v) is 15.3. The first-order valence-electron chi connectivity index (χ1n) is 8.84. The molecule has 23 heavy (non-hydrogen) atoms. The van der Waals surface area contributed by atoms with Gasteiger partial charge in [-0.05, 0) is 51.1 Å². The third-order valence-corrected chi connectivity index (χ3v) is 5.26. The van der Waals surface area contributed by atoms with Gasteiger partial charge in [-0.2, -0.15) is 0 Å². The minimum absolute atomic E-state index is 0.345. The highest BCUT2D eigenvalue weighted by Crippen LogP contribution is 2.34. The van der Waals surface area contributed by atoms with Crippen molar-refractivity contribution in [3.05, 3.63) is 23.8 Å². The quantitative estimate of drug-likeness (QED) is 0.767. The Balaban J connectivity index is 2.06. The Labute approximate surface area is 141 Å². The minimum Gasteiger partial charge on any atom is -0.497 e. The van der Waals surface area contributed by atoms with Crippen molar-refractivity contribution in [3.63, 3.8) is 0 Å². The van der Waals surface area contributed by atoms with Crippen LogP contribution in [0.5, 0.6) is 11.5 Å². The van der Waals surface area contributed by atoms with Crippen LogP contribution >= 0.6 is 0 Å². The van der Waals surface area contributed by atoms with Gasteiger partial charge in [0.15, 0.2) is 0 Å². The second-order valence-electron chi connectivity index (χ2n) is 6.27. The van der Waals surface area contributed by atoms with E-state index in [0.717, 1.165) is 43.7 Å². The molecule has 4 heteroatoms. The van der Waals surface area contributed by atoms with Crippen LogP contribution in [-0.2, 0) is 0 Å². The maximum atomic E-state index is 5.56. The molecule has 0 N–H and O–H groups in total. The molecule has 1 atom stereocenters. The second-order valence-corrected chi connectivity index (χ2v) is 6.27. The van der Waals surface area contributed by atoms with Crippen molar-refractivity contribution in [2.45, 2.75) is 45.7 Å². The van der Waals surface area contributed by atoms with Gasteiger partial charge in [0.1, 0.15) is 11.5 Å². The molecule has 2 rings (SSSR count). The van der Waals surface area contributed by atoms with E-state index in [1.165, 1.54) is 18.4 Å². The van der Waals surface area contributed by atoms with E-state index in [2.05, 4.69) is 36.6 Å². The molecule has 1 saturated heterocycles. The molecule has 0 bridgehead atoms. The number of methoxy groups -OCH3 is 2. The van der Waals surface area contributed by atoms with Gasteiger partial charge in [-0.25, -0.2) is 0 Å². The molecule has 0 amide bonds. The van der Waals surface area contributed by atoms with E-state index in [9.17, 15) is 0 Å². The highest BCUT2D eigenvalue weighted by atomic mass is 16.5. The van der Waals surface area contributed by atoms with Crippen LogP contribution in [0.1, 0.15) is 45.2 Å². The summed E-state index contributed by atoms with van der Waals surface area (Å²) in [7, 11) is 3.45. The molecule has 0 unspecified atom stereocenters. The van der Waals surface area contributed by atoms with Gasteiger partial charge in [0.05, 0.1) is 14.2 Å². The zero-order chi connectivity index (χ0) is 16.8. The van der Waals surface area contributed by atoms with Gasteiger partial charge in [-0.15, -0.1) is 0 Å². The Morgan fingerprint density at radius 2 is 1.78 bits per heavy atom. The molecule has 0 aromatic heterocycles. The highest BCUT2D eigenvalue weighted by Gasteiger charge is 2.27. The van der Waals surface area contributed by atoms with Crippen LogP contribution in [0.25, 0.3) is 0 Å². The van der Waals surface area contributed by atoms with E-state index in [4.69, 9.17) is 9.47 Å². The summed E-state index contributed by atoms with van der Waals surface area (Å²) in [5.41, 5.74) is 1.22. The Morgan fingerprint density at radius 3 is 2.30 bits per heavy atom. The Kier molecular flexibility index (Phi) is 6.72. The molecular formula is C19H32N2O2. The van der Waals surface area contributed by atoms with Crippen LogP contribution in [0, 0.1) is 0 Å². The predicted octanol–water partition coefficient (Wildman–Crippen LogP) is 3.57. The lowest BCUT2D eigenvalue weighted by atomic mass is 9.98. The number of ether oxygens (including phenoxy) is 2. The molecule has 4 nitrogen and oxygen atoms in total. The monoisotopic (exact) mass is 320 g/mol. The van der Waals surface area contributed by atoms with E-state index < -0.39 is 0 Å². The average molecular weight is 320 g/mol. The van der Waals surface area contributed by atoms with Gasteiger partial charge in [0, 0.05) is 30.7 Å². The van der Waals surface area contributed by atoms with E-state index in [0.29, 0.717) is 6.04 Å². The van der Waals surface area contributed by atoms with Crippen LogP contribution in [0.3, 0.4) is 0 Å². The van der Waals surface area contributed by atoms with Crippen LogP contribution in [0.4, 0.5) is 0 Å². The van der Waals surface area contributed by atoms with E-state index in [1.807, 2.05) is 12.1 Å². The SMILES string of the molecule is CCN(CC)C1CCN([C@@H](C)c2cc(OC)ccc2OC)CC1. The van der Waals surface area contributed by atoms with Crippen LogP contribution in [0.15, 0.2) is 18.2 Å². The fraction of sp³-hybridized carbons (Fsp3) is 0.684. The number of piperidine rings is 1. The molecule has 0 radical (unpaired) electrons. The van der Waals surface area contributed by atoms with Crippen molar-refractivity contribution in [3.8, 4) is 11.5 Å². The number of nitrogens with zero attached hydrogens (tertiary/aromatic N) is 2. The molecule has 0 spiro atoms. The lowest BCUT2D eigenvalue weighted by molar-refractivity contribution is 0.0930. The van der Waals surface area contributed by atoms with Gasteiger partial charge in [-0.3, -0.25) is 4.90 Å². The average Bonchev–Trinajstić information content (AvgIpc) is 2.62. The first kappa shape index (κ1) is 18.1. The summed E-state index contributed by atoms with van der Waals surface area (Å²) in [6.07, 6.45) is 2.50. The van der Waals surface area contributed by atoms with Crippen LogP contribution in [-0.4, -0.2) is 56.2 Å². The molecule has 1 aliphatic heterocycles. The summed E-state index contributed by atoms with van der Waals surface area (Å²) in [5, 5.41) is 0. The Bertz CT molecular complexity index is 480. The molecule has 1 heterocycles. The predicted molar refractivity (Wildman–Crippen MR) is 95.5 cm³/mol. The van der Waals surface area contributed by atoms with E-state index in [1.54, 1.807) is 14.2 Å². The first-order chi connectivity index (χ1) is 11.1. The molecule has 0 aliphatic carbocycles. The standard InChI is InChI=1S/C19H32N2O2/c1-6-20(7-2)16-10-12-21(13-11-16)15(3)18-14-17(22-4)8-9-19(18)23-5/h8-9,14-16H,6-7,10-13H2,1-5H3/t15-/m0/s1. The third-order valence-electron chi connectivity index (χ3n) is 5.26. The summed E-state index contributed by atoms with van der Waals surface area (Å²) < 4.78 is 10.9. The summed E-state index contributed by atoms with van der Waals surface area (Å²) in [6, 6.07) is 7.16. The molecule has 130 valence electrons. The van der Waals surface area contributed by atoms with Crippen molar-refractivity contribution in [2.75, 3.05) is 40.4 Å². The largest absolute Gasteiger partial charge is 0.497 e. The zero-order valence-electron chi connectivity index (χ0n) is 15.3. The minimum atomic E-state index is 0.345. The number of hydrogen-bond acceptors (Lipinski definition) is 4. The highest BCUT2D eigenvalue weighted by molar-refractivity contribution is 5.42. The van der Waals surface area contributed by atoms with Gasteiger partial charge >= 0.3 is 0 Å². The number of benzene rings is 1. The fourth-order valence-electron chi connectivity index (χ4n) is 3.74. The Morgan fingerprint density at radius 1 is 1.13 bits per heavy atom. The molecule has 0 saturated carbocycles. The molecular weight excluding hydrogens is 288 g/mol. The maximum Gasteiger partial charge on any atom is 0.123 e.